The monoisotopic (exact) mass is 155 g/mol. The van der Waals surface area contributed by atoms with Gasteiger partial charge in [0.25, 0.3) is 0 Å². The van der Waals surface area contributed by atoms with Crippen molar-refractivity contribution in [3.63, 3.8) is 0 Å². The van der Waals surface area contributed by atoms with Gasteiger partial charge in [-0.15, -0.1) is 0 Å². The number of alkyl carbamates (subject to hydrolysis) is 1. The quantitative estimate of drug-likeness (QED) is 0.572. The average molecular weight is 155 g/mol. The van der Waals surface area contributed by atoms with E-state index in [1.54, 1.807) is 0 Å². The van der Waals surface area contributed by atoms with Crippen molar-refractivity contribution in [1.29, 1.82) is 0 Å². The average Bonchev–Trinajstić information content (AvgIpc) is 1.92. The van der Waals surface area contributed by atoms with E-state index in [4.69, 9.17) is 4.74 Å². The standard InChI is InChI=1S/C8H13NO2/c1-5-6-3-2-4-7(5)11-8(10)9-6/h5-7H,2-4H2,1H3,(H,9,10). The number of hydrogen-bond donors (Lipinski definition) is 1. The van der Waals surface area contributed by atoms with Crippen LogP contribution in [0, 0.1) is 5.92 Å². The van der Waals surface area contributed by atoms with Crippen LogP contribution in [0.5, 0.6) is 0 Å². The van der Waals surface area contributed by atoms with Gasteiger partial charge in [-0.1, -0.05) is 6.92 Å². The third-order valence-electron chi connectivity index (χ3n) is 2.79. The van der Waals surface area contributed by atoms with Gasteiger partial charge in [-0.2, -0.15) is 0 Å². The minimum absolute atomic E-state index is 0.183. The van der Waals surface area contributed by atoms with Crippen LogP contribution in [0.15, 0.2) is 0 Å². The van der Waals surface area contributed by atoms with Crippen molar-refractivity contribution < 1.29 is 9.53 Å². The molecule has 2 bridgehead atoms. The lowest BCUT2D eigenvalue weighted by Gasteiger charge is -2.40. The molecule has 2 rings (SSSR count). The topological polar surface area (TPSA) is 38.3 Å². The Bertz CT molecular complexity index is 165. The molecule has 3 nitrogen and oxygen atoms in total. The van der Waals surface area contributed by atoms with Gasteiger partial charge in [-0.3, -0.25) is 0 Å². The molecule has 1 N–H and O–H groups in total. The van der Waals surface area contributed by atoms with Gasteiger partial charge in [0.2, 0.25) is 0 Å². The Hall–Kier alpha value is -0.730. The first kappa shape index (κ1) is 6.95. The lowest BCUT2D eigenvalue weighted by atomic mass is 9.82. The predicted octanol–water partition coefficient (Wildman–Crippen LogP) is 1.28. The molecule has 62 valence electrons. The number of rotatable bonds is 0. The van der Waals surface area contributed by atoms with Crippen molar-refractivity contribution in [2.24, 2.45) is 5.92 Å². The van der Waals surface area contributed by atoms with E-state index in [1.165, 1.54) is 6.42 Å². The number of carbonyl (C=O) groups is 1. The largest absolute Gasteiger partial charge is 0.446 e. The second-order valence-electron chi connectivity index (χ2n) is 3.48. The molecule has 1 aliphatic heterocycles. The van der Waals surface area contributed by atoms with Crippen LogP contribution in [0.4, 0.5) is 4.79 Å². The summed E-state index contributed by atoms with van der Waals surface area (Å²) in [6, 6.07) is 0.370. The minimum atomic E-state index is -0.224. The van der Waals surface area contributed by atoms with Gasteiger partial charge in [-0.05, 0) is 19.3 Å². The molecule has 1 heterocycles. The molecular formula is C8H13NO2. The Balaban J connectivity index is 2.12. The molecule has 1 amide bonds. The van der Waals surface area contributed by atoms with Crippen molar-refractivity contribution in [2.45, 2.75) is 38.3 Å². The van der Waals surface area contributed by atoms with Crippen LogP contribution in [-0.4, -0.2) is 18.2 Å². The summed E-state index contributed by atoms with van der Waals surface area (Å²) in [5, 5.41) is 2.84. The number of nitrogens with one attached hydrogen (secondary N) is 1. The first-order valence-corrected chi connectivity index (χ1v) is 4.24. The zero-order chi connectivity index (χ0) is 7.84. The SMILES string of the molecule is CC1C2CCCC1OC(=O)N2. The summed E-state index contributed by atoms with van der Waals surface area (Å²) >= 11 is 0. The summed E-state index contributed by atoms with van der Waals surface area (Å²) in [7, 11) is 0. The maximum absolute atomic E-state index is 10.9. The van der Waals surface area contributed by atoms with Crippen LogP contribution in [0.25, 0.3) is 0 Å². The third-order valence-corrected chi connectivity index (χ3v) is 2.79. The highest BCUT2D eigenvalue weighted by atomic mass is 16.6. The summed E-state index contributed by atoms with van der Waals surface area (Å²) in [5.74, 6) is 0.501. The van der Waals surface area contributed by atoms with Gasteiger partial charge in [0.15, 0.2) is 0 Å². The van der Waals surface area contributed by atoms with E-state index in [0.29, 0.717) is 12.0 Å². The highest BCUT2D eigenvalue weighted by Gasteiger charge is 2.37. The van der Waals surface area contributed by atoms with Gasteiger partial charge in [0.1, 0.15) is 6.10 Å². The van der Waals surface area contributed by atoms with Crippen LogP contribution in [0.3, 0.4) is 0 Å². The van der Waals surface area contributed by atoms with Gasteiger partial charge in [0, 0.05) is 12.0 Å². The van der Waals surface area contributed by atoms with Gasteiger partial charge in [0.05, 0.1) is 0 Å². The van der Waals surface area contributed by atoms with Gasteiger partial charge in [-0.25, -0.2) is 4.79 Å². The summed E-state index contributed by atoms with van der Waals surface area (Å²) in [6.07, 6.45) is 3.30. The predicted molar refractivity (Wildman–Crippen MR) is 40.2 cm³/mol. The van der Waals surface area contributed by atoms with E-state index in [9.17, 15) is 4.79 Å². The van der Waals surface area contributed by atoms with Crippen molar-refractivity contribution in [2.75, 3.05) is 0 Å². The molecular weight excluding hydrogens is 142 g/mol. The van der Waals surface area contributed by atoms with Crippen molar-refractivity contribution in [3.05, 3.63) is 0 Å². The molecule has 1 saturated carbocycles. The number of fused-ring (bicyclic) bond motifs is 2. The van der Waals surface area contributed by atoms with E-state index in [2.05, 4.69) is 12.2 Å². The summed E-state index contributed by atoms with van der Waals surface area (Å²) in [6.45, 7) is 2.15. The van der Waals surface area contributed by atoms with E-state index in [0.717, 1.165) is 12.8 Å². The summed E-state index contributed by atoms with van der Waals surface area (Å²) in [5.41, 5.74) is 0. The van der Waals surface area contributed by atoms with Crippen molar-refractivity contribution in [3.8, 4) is 0 Å². The molecule has 0 spiro atoms. The highest BCUT2D eigenvalue weighted by Crippen LogP contribution is 2.29. The zero-order valence-corrected chi connectivity index (χ0v) is 6.67. The molecule has 1 aliphatic carbocycles. The number of carbonyl (C=O) groups excluding carboxylic acids is 1. The molecule has 0 aromatic rings. The Labute approximate surface area is 66.1 Å². The second-order valence-corrected chi connectivity index (χ2v) is 3.48. The molecule has 3 atom stereocenters. The summed E-state index contributed by atoms with van der Waals surface area (Å²) in [4.78, 5) is 10.9. The Morgan fingerprint density at radius 2 is 2.36 bits per heavy atom. The fourth-order valence-electron chi connectivity index (χ4n) is 2.02. The third kappa shape index (κ3) is 1.08. The number of ether oxygens (including phenoxy) is 1. The van der Waals surface area contributed by atoms with Crippen LogP contribution in [-0.2, 0) is 4.74 Å². The molecule has 11 heavy (non-hydrogen) atoms. The smallest absolute Gasteiger partial charge is 0.407 e. The highest BCUT2D eigenvalue weighted by molar-refractivity contribution is 5.68. The van der Waals surface area contributed by atoms with Crippen LogP contribution >= 0.6 is 0 Å². The van der Waals surface area contributed by atoms with Gasteiger partial charge >= 0.3 is 6.09 Å². The number of hydrogen-bond acceptors (Lipinski definition) is 2. The van der Waals surface area contributed by atoms with Crippen LogP contribution in [0.2, 0.25) is 0 Å². The van der Waals surface area contributed by atoms with Crippen LogP contribution < -0.4 is 5.32 Å². The molecule has 3 unspecified atom stereocenters. The first-order valence-electron chi connectivity index (χ1n) is 4.24. The second kappa shape index (κ2) is 2.40. The van der Waals surface area contributed by atoms with Crippen molar-refractivity contribution in [1.82, 2.24) is 5.32 Å². The van der Waals surface area contributed by atoms with Gasteiger partial charge < -0.3 is 10.1 Å². The Morgan fingerprint density at radius 1 is 1.55 bits per heavy atom. The first-order chi connectivity index (χ1) is 5.27. The molecule has 0 aromatic heterocycles. The van der Waals surface area contributed by atoms with Crippen LogP contribution in [0.1, 0.15) is 26.2 Å². The molecule has 3 heteroatoms. The molecule has 0 aromatic carbocycles. The Kier molecular flexibility index (Phi) is 1.51. The lowest BCUT2D eigenvalue weighted by molar-refractivity contribution is -0.00353. The lowest BCUT2D eigenvalue weighted by Crippen LogP contribution is -2.53. The fraction of sp³-hybridized carbons (Fsp3) is 0.875. The van der Waals surface area contributed by atoms with E-state index in [-0.39, 0.29) is 12.2 Å². The Morgan fingerprint density at radius 3 is 3.09 bits per heavy atom. The zero-order valence-electron chi connectivity index (χ0n) is 6.67. The fourth-order valence-corrected chi connectivity index (χ4v) is 2.02. The van der Waals surface area contributed by atoms with E-state index < -0.39 is 0 Å². The maximum Gasteiger partial charge on any atom is 0.407 e. The van der Waals surface area contributed by atoms with Crippen molar-refractivity contribution >= 4 is 6.09 Å². The summed E-state index contributed by atoms with van der Waals surface area (Å²) < 4.78 is 5.12. The maximum atomic E-state index is 10.9. The normalized spacial score (nSPS) is 42.6. The minimum Gasteiger partial charge on any atom is -0.446 e. The van der Waals surface area contributed by atoms with E-state index >= 15 is 0 Å². The molecule has 0 radical (unpaired) electrons. The molecule has 2 fully saturated rings. The molecule has 2 aliphatic rings. The molecule has 1 saturated heterocycles. The number of amides is 1. The van der Waals surface area contributed by atoms with E-state index in [1.807, 2.05) is 0 Å².